The highest BCUT2D eigenvalue weighted by Gasteiger charge is 2.30. The molecule has 0 fully saturated rings. The number of benzene rings is 5. The zero-order valence-electron chi connectivity index (χ0n) is 27.0. The van der Waals surface area contributed by atoms with E-state index in [2.05, 4.69) is 40.1 Å². The SMILES string of the molecule is O=C(Nc1ccc(C(=O)Nc2ccc3c(c2)C=C(S(=O)OO)/C(=N/Nc2ccc(N=Nc4ccc(S(=O)OO)cc4)cc2)C3=O)cc1)c1ccccc1. The summed E-state index contributed by atoms with van der Waals surface area (Å²) in [5.41, 5.74) is 5.93. The minimum Gasteiger partial charge on any atom is -0.322 e. The van der Waals surface area contributed by atoms with Gasteiger partial charge in [-0.2, -0.15) is 15.3 Å². The van der Waals surface area contributed by atoms with Gasteiger partial charge in [0.05, 0.1) is 22.0 Å². The maximum absolute atomic E-state index is 13.5. The molecule has 15 nitrogen and oxygen atoms in total. The topological polar surface area (TPSA) is 217 Å². The molecule has 17 heteroatoms. The molecule has 0 heterocycles. The van der Waals surface area contributed by atoms with Gasteiger partial charge in [0.15, 0.2) is 0 Å². The zero-order valence-corrected chi connectivity index (χ0v) is 28.7. The smallest absolute Gasteiger partial charge is 0.255 e. The molecule has 0 spiro atoms. The molecule has 1 aliphatic carbocycles. The molecular weight excluding hydrogens is 725 g/mol. The van der Waals surface area contributed by atoms with Crippen molar-refractivity contribution in [3.63, 3.8) is 0 Å². The standard InChI is InChI=1S/C36H26N6O9S2/c43-34-31-19-16-29(38-36(45)23-6-8-25(9-7-23)37-35(44)22-4-2-1-3-5-22)20-24(31)21-32(53(49)51-47)33(34)42-41-27-12-10-26(11-13-27)39-40-28-14-17-30(18-15-28)52(48)50-46/h1-21,41,46-47H,(H,37,44)(H,38,45)/b40-39?,42-33-. The molecule has 1 aliphatic rings. The Morgan fingerprint density at radius 3 is 1.79 bits per heavy atom. The summed E-state index contributed by atoms with van der Waals surface area (Å²) in [4.78, 5) is 39.0. The van der Waals surface area contributed by atoms with Crippen molar-refractivity contribution in [3.05, 3.63) is 148 Å². The highest BCUT2D eigenvalue weighted by Crippen LogP contribution is 2.29. The number of nitrogens with zero attached hydrogens (tertiary/aromatic N) is 3. The first-order chi connectivity index (χ1) is 25.7. The van der Waals surface area contributed by atoms with Gasteiger partial charge in [0.1, 0.15) is 10.6 Å². The van der Waals surface area contributed by atoms with Crippen LogP contribution in [0.1, 0.15) is 36.6 Å². The summed E-state index contributed by atoms with van der Waals surface area (Å²) >= 11 is -4.48. The summed E-state index contributed by atoms with van der Waals surface area (Å²) in [6, 6.07) is 32.0. The van der Waals surface area contributed by atoms with Crippen molar-refractivity contribution in [1.82, 2.24) is 0 Å². The van der Waals surface area contributed by atoms with Gasteiger partial charge in [-0.15, -0.1) is 8.67 Å². The Labute approximate surface area is 305 Å². The highest BCUT2D eigenvalue weighted by molar-refractivity contribution is 7.85. The van der Waals surface area contributed by atoms with Crippen LogP contribution in [0.15, 0.2) is 146 Å². The second-order valence-corrected chi connectivity index (χ2v) is 13.1. The molecule has 0 aliphatic heterocycles. The molecule has 0 saturated carbocycles. The summed E-state index contributed by atoms with van der Waals surface area (Å²) in [7, 11) is 0. The molecule has 2 atom stereocenters. The van der Waals surface area contributed by atoms with Crippen LogP contribution < -0.4 is 16.1 Å². The van der Waals surface area contributed by atoms with Gasteiger partial charge >= 0.3 is 0 Å². The van der Waals surface area contributed by atoms with Crippen molar-refractivity contribution in [2.45, 2.75) is 4.90 Å². The number of allylic oxidation sites excluding steroid dienone is 1. The first-order valence-corrected chi connectivity index (χ1v) is 17.5. The second kappa shape index (κ2) is 16.8. The van der Waals surface area contributed by atoms with E-state index in [0.29, 0.717) is 45.1 Å². The van der Waals surface area contributed by atoms with Crippen molar-refractivity contribution < 1.29 is 42.0 Å². The van der Waals surface area contributed by atoms with Gasteiger partial charge in [0, 0.05) is 28.1 Å². The largest absolute Gasteiger partial charge is 0.322 e. The fraction of sp³-hybridized carbons (Fsp3) is 0. The Morgan fingerprint density at radius 1 is 0.623 bits per heavy atom. The van der Waals surface area contributed by atoms with Crippen LogP contribution in [-0.4, -0.2) is 42.2 Å². The maximum Gasteiger partial charge on any atom is 0.255 e. The van der Waals surface area contributed by atoms with E-state index < -0.39 is 33.9 Å². The van der Waals surface area contributed by atoms with Crippen LogP contribution in [0.2, 0.25) is 0 Å². The van der Waals surface area contributed by atoms with E-state index in [1.54, 1.807) is 84.9 Å². The lowest BCUT2D eigenvalue weighted by Gasteiger charge is -2.17. The quantitative estimate of drug-likeness (QED) is 0.0488. The van der Waals surface area contributed by atoms with Gasteiger partial charge in [-0.1, -0.05) is 18.2 Å². The second-order valence-electron chi connectivity index (χ2n) is 10.9. The number of anilines is 3. The summed E-state index contributed by atoms with van der Waals surface area (Å²) in [5, 5.41) is 35.6. The molecule has 0 saturated heterocycles. The van der Waals surface area contributed by atoms with Crippen molar-refractivity contribution in [1.29, 1.82) is 0 Å². The predicted octanol–water partition coefficient (Wildman–Crippen LogP) is 7.28. The lowest BCUT2D eigenvalue weighted by Crippen LogP contribution is -2.26. The minimum atomic E-state index is -2.48. The highest BCUT2D eigenvalue weighted by atomic mass is 32.2. The number of carbonyl (C=O) groups excluding carboxylic acids is 3. The predicted molar refractivity (Wildman–Crippen MR) is 198 cm³/mol. The third-order valence-electron chi connectivity index (χ3n) is 7.52. The van der Waals surface area contributed by atoms with Crippen LogP contribution in [0, 0.1) is 0 Å². The van der Waals surface area contributed by atoms with Crippen LogP contribution in [-0.2, 0) is 30.8 Å². The van der Waals surface area contributed by atoms with Crippen molar-refractivity contribution in [3.8, 4) is 0 Å². The zero-order chi connectivity index (χ0) is 37.3. The van der Waals surface area contributed by atoms with Crippen LogP contribution in [0.3, 0.4) is 0 Å². The monoisotopic (exact) mass is 750 g/mol. The van der Waals surface area contributed by atoms with Gasteiger partial charge in [-0.25, -0.2) is 18.9 Å². The van der Waals surface area contributed by atoms with Gasteiger partial charge < -0.3 is 10.6 Å². The molecule has 5 N–H and O–H groups in total. The van der Waals surface area contributed by atoms with Gasteiger partial charge in [0.2, 0.25) is 27.9 Å². The first-order valence-electron chi connectivity index (χ1n) is 15.3. The number of amides is 2. The third-order valence-corrected chi connectivity index (χ3v) is 9.12. The number of fused-ring (bicyclic) bond motifs is 1. The number of rotatable bonds is 12. The van der Waals surface area contributed by atoms with Crippen molar-refractivity contribution in [2.75, 3.05) is 16.1 Å². The fourth-order valence-electron chi connectivity index (χ4n) is 4.90. The molecular formula is C36H26N6O9S2. The lowest BCUT2D eigenvalue weighted by atomic mass is 9.94. The average Bonchev–Trinajstić information content (AvgIpc) is 3.20. The lowest BCUT2D eigenvalue weighted by molar-refractivity contribution is -0.124. The van der Waals surface area contributed by atoms with E-state index >= 15 is 0 Å². The van der Waals surface area contributed by atoms with Crippen molar-refractivity contribution in [2.24, 2.45) is 15.3 Å². The van der Waals surface area contributed by atoms with Gasteiger partial charge in [0.25, 0.3) is 11.8 Å². The Morgan fingerprint density at radius 2 is 1.17 bits per heavy atom. The molecule has 0 radical (unpaired) electrons. The molecule has 0 aromatic heterocycles. The number of hydrazone groups is 1. The molecule has 2 unspecified atom stereocenters. The van der Waals surface area contributed by atoms with E-state index in [-0.39, 0.29) is 27.0 Å². The van der Waals surface area contributed by atoms with E-state index in [1.807, 2.05) is 6.07 Å². The summed E-state index contributed by atoms with van der Waals surface area (Å²) in [6.45, 7) is 0. The average molecular weight is 751 g/mol. The number of azo groups is 1. The molecule has 5 aromatic rings. The minimum absolute atomic E-state index is 0.194. The normalized spacial score (nSPS) is 14.3. The summed E-state index contributed by atoms with van der Waals surface area (Å²) in [6.07, 6.45) is 1.36. The molecule has 53 heavy (non-hydrogen) atoms. The van der Waals surface area contributed by atoms with Gasteiger partial charge in [-0.05, 0) is 115 Å². The summed E-state index contributed by atoms with van der Waals surface area (Å²) < 4.78 is 31.9. The van der Waals surface area contributed by atoms with E-state index in [1.165, 1.54) is 36.4 Å². The number of hydrogen-bond donors (Lipinski definition) is 5. The Kier molecular flexibility index (Phi) is 11.5. The Balaban J connectivity index is 1.12. The van der Waals surface area contributed by atoms with Crippen LogP contribution in [0.25, 0.3) is 6.08 Å². The van der Waals surface area contributed by atoms with Gasteiger partial charge in [-0.3, -0.25) is 19.8 Å². The van der Waals surface area contributed by atoms with E-state index in [0.717, 1.165) is 0 Å². The number of ketones is 1. The fourth-order valence-corrected chi connectivity index (χ4v) is 5.94. The Bertz CT molecular complexity index is 2320. The molecule has 6 rings (SSSR count). The Hall–Kier alpha value is -6.34. The van der Waals surface area contributed by atoms with Crippen molar-refractivity contribution >= 4 is 80.0 Å². The maximum atomic E-state index is 13.5. The number of carbonyl (C=O) groups is 3. The molecule has 5 aromatic carbocycles. The number of Topliss-reactive ketones (excluding diaryl/α,β-unsaturated/α-hetero) is 1. The molecule has 266 valence electrons. The van der Waals surface area contributed by atoms with Crippen LogP contribution in [0.4, 0.5) is 28.4 Å². The molecule has 2 amide bonds. The number of nitrogens with one attached hydrogen (secondary N) is 3. The summed E-state index contributed by atoms with van der Waals surface area (Å²) in [5.74, 6) is -1.37. The van der Waals surface area contributed by atoms with Crippen LogP contribution >= 0.6 is 0 Å². The molecule has 0 bridgehead atoms. The third kappa shape index (κ3) is 8.94. The number of hydrogen-bond acceptors (Lipinski definition) is 13. The van der Waals surface area contributed by atoms with E-state index in [9.17, 15) is 28.1 Å². The first kappa shape index (κ1) is 36.5. The van der Waals surface area contributed by atoms with Crippen LogP contribution in [0.5, 0.6) is 0 Å². The van der Waals surface area contributed by atoms with E-state index in [4.69, 9.17) is 5.26 Å².